The third-order valence-electron chi connectivity index (χ3n) is 2.96. The summed E-state index contributed by atoms with van der Waals surface area (Å²) in [5, 5.41) is 0. The Kier molecular flexibility index (Phi) is 3.62. The van der Waals surface area contributed by atoms with E-state index in [1.54, 1.807) is 6.33 Å². The fourth-order valence-corrected chi connectivity index (χ4v) is 2.28. The van der Waals surface area contributed by atoms with Crippen molar-refractivity contribution in [3.63, 3.8) is 0 Å². The smallest absolute Gasteiger partial charge is 0.131 e. The molecule has 17 heavy (non-hydrogen) atoms. The number of rotatable bonds is 2. The molecule has 0 amide bonds. The zero-order valence-corrected chi connectivity index (χ0v) is 11.1. The standard InChI is InChI=1S/C13H22N4/c1-13(2,3)10-16-6-8-17(9-7-16)12-4-5-14-11-15-12/h4-5,11H,6-10H2,1-3H3. The van der Waals surface area contributed by atoms with Crippen LogP contribution in [0.3, 0.4) is 0 Å². The molecule has 0 atom stereocenters. The molecule has 0 spiro atoms. The van der Waals surface area contributed by atoms with E-state index in [1.807, 2.05) is 12.3 Å². The van der Waals surface area contributed by atoms with Crippen LogP contribution in [0, 0.1) is 5.41 Å². The van der Waals surface area contributed by atoms with Crippen molar-refractivity contribution < 1.29 is 0 Å². The lowest BCUT2D eigenvalue weighted by Crippen LogP contribution is -2.48. The lowest BCUT2D eigenvalue weighted by molar-refractivity contribution is 0.182. The fourth-order valence-electron chi connectivity index (χ4n) is 2.28. The molecular formula is C13H22N4. The van der Waals surface area contributed by atoms with Crippen LogP contribution in [0.15, 0.2) is 18.6 Å². The molecule has 0 unspecified atom stereocenters. The average Bonchev–Trinajstić information content (AvgIpc) is 2.29. The van der Waals surface area contributed by atoms with Crippen molar-refractivity contribution in [2.45, 2.75) is 20.8 Å². The van der Waals surface area contributed by atoms with Crippen LogP contribution in [-0.4, -0.2) is 47.6 Å². The summed E-state index contributed by atoms with van der Waals surface area (Å²) in [7, 11) is 0. The van der Waals surface area contributed by atoms with Crippen LogP contribution < -0.4 is 4.90 Å². The first kappa shape index (κ1) is 12.3. The van der Waals surface area contributed by atoms with E-state index >= 15 is 0 Å². The largest absolute Gasteiger partial charge is 0.354 e. The van der Waals surface area contributed by atoms with Gasteiger partial charge in [0.25, 0.3) is 0 Å². The van der Waals surface area contributed by atoms with Crippen molar-refractivity contribution in [1.82, 2.24) is 14.9 Å². The van der Waals surface area contributed by atoms with Gasteiger partial charge in [0, 0.05) is 38.9 Å². The van der Waals surface area contributed by atoms with Gasteiger partial charge in [-0.05, 0) is 11.5 Å². The molecule has 4 heteroatoms. The van der Waals surface area contributed by atoms with E-state index in [2.05, 4.69) is 40.5 Å². The summed E-state index contributed by atoms with van der Waals surface area (Å²) >= 11 is 0. The van der Waals surface area contributed by atoms with Gasteiger partial charge in [0.15, 0.2) is 0 Å². The van der Waals surface area contributed by atoms with Gasteiger partial charge in [-0.15, -0.1) is 0 Å². The van der Waals surface area contributed by atoms with Crippen molar-refractivity contribution in [3.05, 3.63) is 18.6 Å². The maximum absolute atomic E-state index is 4.30. The van der Waals surface area contributed by atoms with Gasteiger partial charge >= 0.3 is 0 Å². The monoisotopic (exact) mass is 234 g/mol. The average molecular weight is 234 g/mol. The number of nitrogens with zero attached hydrogens (tertiary/aromatic N) is 4. The Hall–Kier alpha value is -1.16. The number of aromatic nitrogens is 2. The van der Waals surface area contributed by atoms with E-state index in [-0.39, 0.29) is 0 Å². The molecule has 0 aliphatic carbocycles. The minimum atomic E-state index is 0.386. The normalized spacial score (nSPS) is 18.4. The molecule has 2 rings (SSSR count). The van der Waals surface area contributed by atoms with E-state index < -0.39 is 0 Å². The van der Waals surface area contributed by atoms with Gasteiger partial charge in [-0.3, -0.25) is 4.90 Å². The topological polar surface area (TPSA) is 32.3 Å². The predicted molar refractivity (Wildman–Crippen MR) is 70.1 cm³/mol. The molecule has 1 aromatic heterocycles. The van der Waals surface area contributed by atoms with Crippen molar-refractivity contribution in [3.8, 4) is 0 Å². The van der Waals surface area contributed by atoms with E-state index in [0.29, 0.717) is 5.41 Å². The highest BCUT2D eigenvalue weighted by atomic mass is 15.3. The number of anilines is 1. The molecule has 0 radical (unpaired) electrons. The van der Waals surface area contributed by atoms with E-state index in [0.717, 1.165) is 32.0 Å². The quantitative estimate of drug-likeness (QED) is 0.779. The first-order valence-electron chi connectivity index (χ1n) is 6.28. The molecular weight excluding hydrogens is 212 g/mol. The first-order valence-corrected chi connectivity index (χ1v) is 6.28. The fraction of sp³-hybridized carbons (Fsp3) is 0.692. The van der Waals surface area contributed by atoms with Crippen LogP contribution in [0.2, 0.25) is 0 Å². The lowest BCUT2D eigenvalue weighted by Gasteiger charge is -2.38. The summed E-state index contributed by atoms with van der Waals surface area (Å²) in [6.07, 6.45) is 3.43. The molecule has 4 nitrogen and oxygen atoms in total. The van der Waals surface area contributed by atoms with Crippen LogP contribution in [0.4, 0.5) is 5.82 Å². The third kappa shape index (κ3) is 3.66. The highest BCUT2D eigenvalue weighted by Gasteiger charge is 2.21. The van der Waals surface area contributed by atoms with Crippen LogP contribution in [-0.2, 0) is 0 Å². The van der Waals surface area contributed by atoms with Gasteiger partial charge < -0.3 is 4.90 Å². The molecule has 1 saturated heterocycles. The second kappa shape index (κ2) is 5.00. The maximum atomic E-state index is 4.30. The zero-order chi connectivity index (χ0) is 12.3. The van der Waals surface area contributed by atoms with Gasteiger partial charge in [0.1, 0.15) is 12.1 Å². The second-order valence-electron chi connectivity index (χ2n) is 5.89. The SMILES string of the molecule is CC(C)(C)CN1CCN(c2ccncn2)CC1. The summed E-state index contributed by atoms with van der Waals surface area (Å²) in [5.74, 6) is 1.05. The van der Waals surface area contributed by atoms with E-state index in [1.165, 1.54) is 6.54 Å². The van der Waals surface area contributed by atoms with Gasteiger partial charge in [0.05, 0.1) is 0 Å². The van der Waals surface area contributed by atoms with Crippen LogP contribution in [0.1, 0.15) is 20.8 Å². The summed E-state index contributed by atoms with van der Waals surface area (Å²) in [5.41, 5.74) is 0.386. The lowest BCUT2D eigenvalue weighted by atomic mass is 9.96. The molecule has 1 aliphatic heterocycles. The van der Waals surface area contributed by atoms with Crippen molar-refractivity contribution in [2.24, 2.45) is 5.41 Å². The molecule has 0 N–H and O–H groups in total. The van der Waals surface area contributed by atoms with E-state index in [9.17, 15) is 0 Å². The van der Waals surface area contributed by atoms with Crippen LogP contribution in [0.25, 0.3) is 0 Å². The molecule has 0 bridgehead atoms. The van der Waals surface area contributed by atoms with Crippen molar-refractivity contribution >= 4 is 5.82 Å². The second-order valence-corrected chi connectivity index (χ2v) is 5.89. The summed E-state index contributed by atoms with van der Waals surface area (Å²) in [6.45, 7) is 12.4. The van der Waals surface area contributed by atoms with Gasteiger partial charge in [0.2, 0.25) is 0 Å². The van der Waals surface area contributed by atoms with Crippen LogP contribution in [0.5, 0.6) is 0 Å². The minimum absolute atomic E-state index is 0.386. The van der Waals surface area contributed by atoms with Crippen molar-refractivity contribution in [2.75, 3.05) is 37.6 Å². The Morgan fingerprint density at radius 3 is 2.41 bits per heavy atom. The highest BCUT2D eigenvalue weighted by Crippen LogP contribution is 2.18. The number of hydrogen-bond acceptors (Lipinski definition) is 4. The third-order valence-corrected chi connectivity index (χ3v) is 2.96. The number of piperazine rings is 1. The predicted octanol–water partition coefficient (Wildman–Crippen LogP) is 1.64. The van der Waals surface area contributed by atoms with Crippen LogP contribution >= 0.6 is 0 Å². The maximum Gasteiger partial charge on any atom is 0.131 e. The van der Waals surface area contributed by atoms with Gasteiger partial charge in [-0.25, -0.2) is 9.97 Å². The molecule has 0 saturated carbocycles. The number of hydrogen-bond donors (Lipinski definition) is 0. The summed E-state index contributed by atoms with van der Waals surface area (Å²) in [6, 6.07) is 1.99. The summed E-state index contributed by atoms with van der Waals surface area (Å²) in [4.78, 5) is 13.1. The minimum Gasteiger partial charge on any atom is -0.354 e. The van der Waals surface area contributed by atoms with Gasteiger partial charge in [-0.2, -0.15) is 0 Å². The summed E-state index contributed by atoms with van der Waals surface area (Å²) < 4.78 is 0. The Balaban J connectivity index is 1.86. The molecule has 2 heterocycles. The Bertz CT molecular complexity index is 336. The van der Waals surface area contributed by atoms with E-state index in [4.69, 9.17) is 0 Å². The molecule has 1 aromatic rings. The molecule has 94 valence electrons. The molecule has 1 aliphatic rings. The Labute approximate surface area is 104 Å². The Morgan fingerprint density at radius 2 is 1.88 bits per heavy atom. The highest BCUT2D eigenvalue weighted by molar-refractivity contribution is 5.36. The molecule has 1 fully saturated rings. The van der Waals surface area contributed by atoms with Crippen molar-refractivity contribution in [1.29, 1.82) is 0 Å². The Morgan fingerprint density at radius 1 is 1.18 bits per heavy atom. The first-order chi connectivity index (χ1) is 8.04. The molecule has 0 aromatic carbocycles. The van der Waals surface area contributed by atoms with Gasteiger partial charge in [-0.1, -0.05) is 20.8 Å². The zero-order valence-electron chi connectivity index (χ0n) is 11.1.